The molecule has 13 heteroatoms. The molecule has 1 unspecified atom stereocenters. The third kappa shape index (κ3) is 5.17. The number of benzene rings is 1. The van der Waals surface area contributed by atoms with Crippen molar-refractivity contribution in [1.82, 2.24) is 19.6 Å². The van der Waals surface area contributed by atoms with Gasteiger partial charge in [0.15, 0.2) is 0 Å². The Morgan fingerprint density at radius 2 is 1.75 bits per heavy atom. The number of alkyl halides is 6. The second-order valence-electron chi connectivity index (χ2n) is 9.29. The van der Waals surface area contributed by atoms with E-state index in [0.29, 0.717) is 31.3 Å². The average Bonchev–Trinajstić information content (AvgIpc) is 3.47. The molecule has 0 saturated carbocycles. The fraction of sp³-hybridized carbons (Fsp3) is 0.565. The van der Waals surface area contributed by atoms with Crippen LogP contribution in [-0.4, -0.2) is 58.0 Å². The number of halogens is 6. The van der Waals surface area contributed by atoms with Gasteiger partial charge in [-0.2, -0.15) is 31.4 Å². The van der Waals surface area contributed by atoms with Gasteiger partial charge in [0.05, 0.1) is 42.2 Å². The Morgan fingerprint density at radius 1 is 1.03 bits per heavy atom. The van der Waals surface area contributed by atoms with Crippen molar-refractivity contribution in [3.63, 3.8) is 0 Å². The normalized spacial score (nSPS) is 22.9. The summed E-state index contributed by atoms with van der Waals surface area (Å²) in [5, 5.41) is 4.61. The first-order valence-electron chi connectivity index (χ1n) is 11.6. The Hall–Kier alpha value is -2.80. The molecule has 2 aromatic rings. The summed E-state index contributed by atoms with van der Waals surface area (Å²) < 4.78 is 91.2. The minimum absolute atomic E-state index is 0.0363. The Kier molecular flexibility index (Phi) is 6.39. The molecular weight excluding hydrogens is 494 g/mol. The first-order chi connectivity index (χ1) is 17.0. The van der Waals surface area contributed by atoms with Gasteiger partial charge in [-0.1, -0.05) is 0 Å². The zero-order valence-electron chi connectivity index (χ0n) is 19.1. The highest BCUT2D eigenvalue weighted by molar-refractivity contribution is 5.67. The predicted molar refractivity (Wildman–Crippen MR) is 113 cm³/mol. The summed E-state index contributed by atoms with van der Waals surface area (Å²) >= 11 is 0. The molecule has 3 aliphatic heterocycles. The highest BCUT2D eigenvalue weighted by atomic mass is 19.4. The van der Waals surface area contributed by atoms with E-state index in [1.165, 1.54) is 4.90 Å². The number of amides is 1. The summed E-state index contributed by atoms with van der Waals surface area (Å²) in [5.74, 6) is 0. The second kappa shape index (κ2) is 9.25. The van der Waals surface area contributed by atoms with Crippen LogP contribution in [0, 0.1) is 0 Å². The first kappa shape index (κ1) is 24.9. The van der Waals surface area contributed by atoms with Crippen LogP contribution in [0.4, 0.5) is 31.1 Å². The number of rotatable bonds is 3. The molecule has 1 aromatic carbocycles. The molecule has 0 aliphatic carbocycles. The van der Waals surface area contributed by atoms with Crippen LogP contribution in [0.1, 0.15) is 47.0 Å². The van der Waals surface area contributed by atoms with Gasteiger partial charge >= 0.3 is 18.4 Å². The van der Waals surface area contributed by atoms with Crippen molar-refractivity contribution >= 4 is 6.09 Å². The molecule has 7 nitrogen and oxygen atoms in total. The molecule has 3 aliphatic rings. The highest BCUT2D eigenvalue weighted by Crippen LogP contribution is 2.36. The molecule has 1 aromatic heterocycles. The van der Waals surface area contributed by atoms with Crippen LogP contribution in [0.2, 0.25) is 0 Å². The number of nitrogens with zero attached hydrogens (tertiary/aromatic N) is 4. The van der Waals surface area contributed by atoms with E-state index in [0.717, 1.165) is 37.3 Å². The van der Waals surface area contributed by atoms with Crippen LogP contribution >= 0.6 is 0 Å². The smallest absolute Gasteiger partial charge is 0.416 e. The van der Waals surface area contributed by atoms with Crippen LogP contribution in [0.5, 0.6) is 0 Å². The SMILES string of the molecule is O=C(OCc1cc(C(F)(F)F)cc(C(F)(F)F)c1)N1CCn2nc(C3CN4CCC[C@H]4CO3)cc2C1. The molecule has 0 N–H and O–H groups in total. The zero-order valence-corrected chi connectivity index (χ0v) is 19.1. The van der Waals surface area contributed by atoms with Crippen molar-refractivity contribution in [2.75, 3.05) is 26.2 Å². The van der Waals surface area contributed by atoms with E-state index in [9.17, 15) is 31.1 Å². The Morgan fingerprint density at radius 3 is 2.44 bits per heavy atom. The van der Waals surface area contributed by atoms with Crippen LogP contribution in [0.25, 0.3) is 0 Å². The zero-order chi connectivity index (χ0) is 25.7. The maximum Gasteiger partial charge on any atom is 0.416 e. The molecule has 0 radical (unpaired) electrons. The minimum Gasteiger partial charge on any atom is -0.445 e. The van der Waals surface area contributed by atoms with Crippen molar-refractivity contribution in [3.8, 4) is 0 Å². The monoisotopic (exact) mass is 518 g/mol. The van der Waals surface area contributed by atoms with Crippen LogP contribution in [0.15, 0.2) is 24.3 Å². The summed E-state index contributed by atoms with van der Waals surface area (Å²) in [4.78, 5) is 16.3. The number of ether oxygens (including phenoxy) is 2. The van der Waals surface area contributed by atoms with Crippen molar-refractivity contribution in [1.29, 1.82) is 0 Å². The first-order valence-corrected chi connectivity index (χ1v) is 11.6. The van der Waals surface area contributed by atoms with E-state index in [1.54, 1.807) is 4.68 Å². The van der Waals surface area contributed by atoms with Gasteiger partial charge < -0.3 is 14.4 Å². The number of morpholine rings is 1. The lowest BCUT2D eigenvalue weighted by atomic mass is 10.1. The van der Waals surface area contributed by atoms with Crippen molar-refractivity contribution in [3.05, 3.63) is 52.3 Å². The van der Waals surface area contributed by atoms with E-state index in [-0.39, 0.29) is 25.3 Å². The van der Waals surface area contributed by atoms with Gasteiger partial charge in [0, 0.05) is 19.1 Å². The van der Waals surface area contributed by atoms with Gasteiger partial charge in [0.1, 0.15) is 12.7 Å². The quantitative estimate of drug-likeness (QED) is 0.556. The number of carbonyl (C=O) groups excluding carboxylic acids is 1. The summed E-state index contributed by atoms with van der Waals surface area (Å²) in [6.07, 6.45) is -8.66. The van der Waals surface area contributed by atoms with Crippen LogP contribution in [0.3, 0.4) is 0 Å². The van der Waals surface area contributed by atoms with Gasteiger partial charge in [-0.25, -0.2) is 4.79 Å². The summed E-state index contributed by atoms with van der Waals surface area (Å²) in [5.41, 5.74) is -1.79. The Labute approximate surface area is 202 Å². The summed E-state index contributed by atoms with van der Waals surface area (Å²) in [6.45, 7) is 2.49. The highest BCUT2D eigenvalue weighted by Gasteiger charge is 2.37. The molecule has 2 fully saturated rings. The molecule has 4 heterocycles. The molecule has 36 heavy (non-hydrogen) atoms. The third-order valence-electron chi connectivity index (χ3n) is 6.80. The second-order valence-corrected chi connectivity index (χ2v) is 9.29. The molecular formula is C23H24F6N4O3. The van der Waals surface area contributed by atoms with Gasteiger partial charge in [-0.15, -0.1) is 0 Å². The molecule has 2 atom stereocenters. The Balaban J connectivity index is 1.23. The average molecular weight is 518 g/mol. The van der Waals surface area contributed by atoms with E-state index < -0.39 is 41.7 Å². The molecule has 1 amide bonds. The van der Waals surface area contributed by atoms with Crippen molar-refractivity contribution in [2.45, 2.75) is 57.0 Å². The van der Waals surface area contributed by atoms with Gasteiger partial charge in [-0.3, -0.25) is 9.58 Å². The van der Waals surface area contributed by atoms with Gasteiger partial charge in [0.25, 0.3) is 0 Å². The van der Waals surface area contributed by atoms with E-state index in [1.807, 2.05) is 6.07 Å². The predicted octanol–water partition coefficient (Wildman–Crippen LogP) is 4.61. The fourth-order valence-corrected chi connectivity index (χ4v) is 4.94. The van der Waals surface area contributed by atoms with Crippen LogP contribution < -0.4 is 0 Å². The lowest BCUT2D eigenvalue weighted by Gasteiger charge is -2.34. The van der Waals surface area contributed by atoms with Gasteiger partial charge in [-0.05, 0) is 49.2 Å². The molecule has 5 rings (SSSR count). The lowest BCUT2D eigenvalue weighted by molar-refractivity contribution is -0.143. The fourth-order valence-electron chi connectivity index (χ4n) is 4.94. The largest absolute Gasteiger partial charge is 0.445 e. The minimum atomic E-state index is -4.97. The summed E-state index contributed by atoms with van der Waals surface area (Å²) in [7, 11) is 0. The van der Waals surface area contributed by atoms with Crippen LogP contribution in [-0.2, 0) is 41.5 Å². The van der Waals surface area contributed by atoms with Crippen molar-refractivity contribution < 1.29 is 40.6 Å². The number of carbonyl (C=O) groups is 1. The lowest BCUT2D eigenvalue weighted by Crippen LogP contribution is -2.42. The maximum atomic E-state index is 13.1. The van der Waals surface area contributed by atoms with Crippen molar-refractivity contribution in [2.24, 2.45) is 0 Å². The number of hydrogen-bond donors (Lipinski definition) is 0. The summed E-state index contributed by atoms with van der Waals surface area (Å²) in [6, 6.07) is 3.45. The van der Waals surface area contributed by atoms with Gasteiger partial charge in [0.2, 0.25) is 0 Å². The number of aromatic nitrogens is 2. The maximum absolute atomic E-state index is 13.1. The number of hydrogen-bond acceptors (Lipinski definition) is 5. The molecule has 0 bridgehead atoms. The topological polar surface area (TPSA) is 59.8 Å². The van der Waals surface area contributed by atoms with E-state index >= 15 is 0 Å². The Bertz CT molecular complexity index is 1100. The molecule has 2 saturated heterocycles. The van der Waals surface area contributed by atoms with E-state index in [2.05, 4.69) is 10.00 Å². The molecule has 196 valence electrons. The van der Waals surface area contributed by atoms with E-state index in [4.69, 9.17) is 9.47 Å². The standard InChI is InChI=1S/C23H24F6N4O3/c24-22(25,26)15-6-14(7-16(8-15)23(27,28)29)12-36-21(34)32-4-5-33-18(10-32)9-19(30-33)20-11-31-3-1-2-17(31)13-35-20/h6-9,17,20H,1-5,10-13H2/t17-,20?/m0/s1. The number of fused-ring (bicyclic) bond motifs is 2. The molecule has 0 spiro atoms. The third-order valence-corrected chi connectivity index (χ3v) is 6.80.